The topological polar surface area (TPSA) is 33.3 Å². The van der Waals surface area contributed by atoms with E-state index in [1.807, 2.05) is 39.2 Å². The van der Waals surface area contributed by atoms with E-state index in [1.54, 1.807) is 0 Å². The van der Waals surface area contributed by atoms with Gasteiger partial charge in [0.1, 0.15) is 5.75 Å². The molecule has 1 aromatic carbocycles. The summed E-state index contributed by atoms with van der Waals surface area (Å²) in [7, 11) is 3.79. The fraction of sp³-hybridized carbons (Fsp3) is 0.455. The Kier molecular flexibility index (Phi) is 4.88. The minimum Gasteiger partial charge on any atom is -0.492 e. The minimum atomic E-state index is 0.109. The van der Waals surface area contributed by atoms with Crippen LogP contribution in [0, 0.1) is 0 Å². The molecule has 0 spiro atoms. The van der Waals surface area contributed by atoms with E-state index in [2.05, 4.69) is 10.6 Å². The second-order valence-corrected chi connectivity index (χ2v) is 3.54. The Balaban J connectivity index is 2.89. The first-order valence-electron chi connectivity index (χ1n) is 4.99. The van der Waals surface area contributed by atoms with E-state index in [4.69, 9.17) is 16.3 Å². The third-order valence-electron chi connectivity index (χ3n) is 2.17. The van der Waals surface area contributed by atoms with Crippen LogP contribution in [0.4, 0.5) is 0 Å². The largest absolute Gasteiger partial charge is 0.492 e. The maximum Gasteiger partial charge on any atom is 0.137 e. The molecule has 84 valence electrons. The molecule has 0 amide bonds. The molecule has 0 fully saturated rings. The van der Waals surface area contributed by atoms with Gasteiger partial charge in [-0.3, -0.25) is 0 Å². The summed E-state index contributed by atoms with van der Waals surface area (Å²) < 4.78 is 5.37. The average Bonchev–Trinajstić information content (AvgIpc) is 2.24. The number of halogens is 1. The zero-order chi connectivity index (χ0) is 11.3. The molecule has 0 unspecified atom stereocenters. The number of rotatable bonds is 5. The van der Waals surface area contributed by atoms with Crippen molar-refractivity contribution in [3.63, 3.8) is 0 Å². The summed E-state index contributed by atoms with van der Waals surface area (Å²) in [5.74, 6) is 0.730. The van der Waals surface area contributed by atoms with Gasteiger partial charge in [-0.15, -0.1) is 0 Å². The second kappa shape index (κ2) is 5.95. The molecule has 0 saturated carbocycles. The van der Waals surface area contributed by atoms with E-state index in [-0.39, 0.29) is 6.17 Å². The van der Waals surface area contributed by atoms with Crippen molar-refractivity contribution in [3.8, 4) is 5.75 Å². The van der Waals surface area contributed by atoms with Crippen LogP contribution >= 0.6 is 11.6 Å². The van der Waals surface area contributed by atoms with E-state index in [0.717, 1.165) is 11.3 Å². The van der Waals surface area contributed by atoms with E-state index in [0.29, 0.717) is 11.6 Å². The van der Waals surface area contributed by atoms with Gasteiger partial charge in [-0.2, -0.15) is 0 Å². The quantitative estimate of drug-likeness (QED) is 0.758. The summed E-state index contributed by atoms with van der Waals surface area (Å²) in [5.41, 5.74) is 1.09. The summed E-state index contributed by atoms with van der Waals surface area (Å²) in [5, 5.41) is 6.92. The van der Waals surface area contributed by atoms with Crippen molar-refractivity contribution in [2.45, 2.75) is 13.1 Å². The number of ether oxygens (including phenoxy) is 1. The van der Waals surface area contributed by atoms with Crippen LogP contribution in [0.25, 0.3) is 0 Å². The molecule has 3 nitrogen and oxygen atoms in total. The van der Waals surface area contributed by atoms with Gasteiger partial charge in [0.15, 0.2) is 0 Å². The monoisotopic (exact) mass is 228 g/mol. The Morgan fingerprint density at radius 1 is 1.33 bits per heavy atom. The van der Waals surface area contributed by atoms with E-state index in [9.17, 15) is 0 Å². The SMILES string of the molecule is CCOc1ccc(C(NC)NC)cc1Cl. The van der Waals surface area contributed by atoms with Crippen LogP contribution in [0.1, 0.15) is 18.7 Å². The molecule has 2 N–H and O–H groups in total. The van der Waals surface area contributed by atoms with Gasteiger partial charge in [0, 0.05) is 0 Å². The molecule has 0 aliphatic carbocycles. The van der Waals surface area contributed by atoms with Crippen LogP contribution in [-0.2, 0) is 0 Å². The highest BCUT2D eigenvalue weighted by molar-refractivity contribution is 6.32. The van der Waals surface area contributed by atoms with Crippen LogP contribution < -0.4 is 15.4 Å². The van der Waals surface area contributed by atoms with Gasteiger partial charge in [-0.25, -0.2) is 0 Å². The Morgan fingerprint density at radius 3 is 2.47 bits per heavy atom. The lowest BCUT2D eigenvalue weighted by Crippen LogP contribution is -2.28. The van der Waals surface area contributed by atoms with Crippen molar-refractivity contribution in [1.29, 1.82) is 0 Å². The Labute approximate surface area is 95.8 Å². The molecule has 4 heteroatoms. The van der Waals surface area contributed by atoms with Crippen LogP contribution in [0.15, 0.2) is 18.2 Å². The lowest BCUT2D eigenvalue weighted by Gasteiger charge is -2.16. The summed E-state index contributed by atoms with van der Waals surface area (Å²) >= 11 is 6.09. The van der Waals surface area contributed by atoms with E-state index >= 15 is 0 Å². The summed E-state index contributed by atoms with van der Waals surface area (Å²) in [6.45, 7) is 2.56. The molecular formula is C11H17ClN2O. The molecule has 0 aliphatic rings. The van der Waals surface area contributed by atoms with Crippen molar-refractivity contribution in [2.24, 2.45) is 0 Å². The predicted octanol–water partition coefficient (Wildman–Crippen LogP) is 2.18. The zero-order valence-electron chi connectivity index (χ0n) is 9.30. The molecule has 0 heterocycles. The van der Waals surface area contributed by atoms with Crippen LogP contribution in [-0.4, -0.2) is 20.7 Å². The molecular weight excluding hydrogens is 212 g/mol. The molecule has 0 aliphatic heterocycles. The van der Waals surface area contributed by atoms with Gasteiger partial charge in [-0.1, -0.05) is 17.7 Å². The van der Waals surface area contributed by atoms with Crippen molar-refractivity contribution in [1.82, 2.24) is 10.6 Å². The summed E-state index contributed by atoms with van der Waals surface area (Å²) in [4.78, 5) is 0. The number of benzene rings is 1. The number of hydrogen-bond acceptors (Lipinski definition) is 3. The van der Waals surface area contributed by atoms with Crippen molar-refractivity contribution < 1.29 is 4.74 Å². The normalized spacial score (nSPS) is 10.7. The number of nitrogens with one attached hydrogen (secondary N) is 2. The van der Waals surface area contributed by atoms with Crippen LogP contribution in [0.2, 0.25) is 5.02 Å². The van der Waals surface area contributed by atoms with Crippen molar-refractivity contribution in [3.05, 3.63) is 28.8 Å². The second-order valence-electron chi connectivity index (χ2n) is 3.13. The molecule has 1 rings (SSSR count). The molecule has 0 atom stereocenters. The molecule has 15 heavy (non-hydrogen) atoms. The molecule has 0 radical (unpaired) electrons. The van der Waals surface area contributed by atoms with Crippen LogP contribution in [0.3, 0.4) is 0 Å². The third kappa shape index (κ3) is 3.09. The highest BCUT2D eigenvalue weighted by Crippen LogP contribution is 2.27. The highest BCUT2D eigenvalue weighted by Gasteiger charge is 2.08. The van der Waals surface area contributed by atoms with E-state index in [1.165, 1.54) is 0 Å². The smallest absolute Gasteiger partial charge is 0.137 e. The van der Waals surface area contributed by atoms with Crippen molar-refractivity contribution >= 4 is 11.6 Å². The van der Waals surface area contributed by atoms with Gasteiger partial charge in [0.2, 0.25) is 0 Å². The summed E-state index contributed by atoms with van der Waals surface area (Å²) in [6, 6.07) is 5.79. The van der Waals surface area contributed by atoms with Gasteiger partial charge in [0.25, 0.3) is 0 Å². The predicted molar refractivity (Wildman–Crippen MR) is 63.5 cm³/mol. The first-order valence-corrected chi connectivity index (χ1v) is 5.37. The minimum absolute atomic E-state index is 0.109. The highest BCUT2D eigenvalue weighted by atomic mass is 35.5. The molecule has 0 saturated heterocycles. The Bertz CT molecular complexity index is 313. The van der Waals surface area contributed by atoms with Crippen LogP contribution in [0.5, 0.6) is 5.75 Å². The fourth-order valence-electron chi connectivity index (χ4n) is 1.45. The zero-order valence-corrected chi connectivity index (χ0v) is 10.1. The fourth-order valence-corrected chi connectivity index (χ4v) is 1.69. The third-order valence-corrected chi connectivity index (χ3v) is 2.46. The maximum atomic E-state index is 6.09. The molecule has 1 aromatic rings. The first-order chi connectivity index (χ1) is 7.22. The lowest BCUT2D eigenvalue weighted by atomic mass is 10.1. The van der Waals surface area contributed by atoms with Crippen molar-refractivity contribution in [2.75, 3.05) is 20.7 Å². The molecule has 0 bridgehead atoms. The van der Waals surface area contributed by atoms with Gasteiger partial charge < -0.3 is 15.4 Å². The Hall–Kier alpha value is -0.770. The van der Waals surface area contributed by atoms with E-state index < -0.39 is 0 Å². The number of hydrogen-bond donors (Lipinski definition) is 2. The Morgan fingerprint density at radius 2 is 2.00 bits per heavy atom. The maximum absolute atomic E-state index is 6.09. The average molecular weight is 229 g/mol. The summed E-state index contributed by atoms with van der Waals surface area (Å²) in [6.07, 6.45) is 0.109. The van der Waals surface area contributed by atoms with Gasteiger partial charge >= 0.3 is 0 Å². The van der Waals surface area contributed by atoms with Gasteiger partial charge in [0.05, 0.1) is 17.8 Å². The van der Waals surface area contributed by atoms with Gasteiger partial charge in [-0.05, 0) is 38.7 Å². The lowest BCUT2D eigenvalue weighted by molar-refractivity contribution is 0.340. The standard InChI is InChI=1S/C11H17ClN2O/c1-4-15-10-6-5-8(7-9(10)12)11(13-2)14-3/h5-7,11,13-14H,4H2,1-3H3. The molecule has 0 aromatic heterocycles. The first kappa shape index (κ1) is 12.3.